The summed E-state index contributed by atoms with van der Waals surface area (Å²) in [6.45, 7) is 4.24. The van der Waals surface area contributed by atoms with E-state index in [-0.39, 0.29) is 10.9 Å². The molecular weight excluding hydrogens is 334 g/mol. The second-order valence-corrected chi connectivity index (χ2v) is 7.73. The summed E-state index contributed by atoms with van der Waals surface area (Å²) in [5, 5.41) is 0.299. The highest BCUT2D eigenvalue weighted by Gasteiger charge is 2.36. The average Bonchev–Trinajstić information content (AvgIpc) is 2.85. The lowest BCUT2D eigenvalue weighted by atomic mass is 10.1. The molecule has 0 amide bonds. The molecule has 4 nitrogen and oxygen atoms in total. The van der Waals surface area contributed by atoms with E-state index in [1.807, 2.05) is 38.1 Å². The summed E-state index contributed by atoms with van der Waals surface area (Å²) in [6.07, 6.45) is 0.708. The summed E-state index contributed by atoms with van der Waals surface area (Å²) in [7, 11) is -3.66. The number of para-hydroxylation sites is 1. The highest BCUT2D eigenvalue weighted by Crippen LogP contribution is 2.37. The Hall–Kier alpha value is -1.72. The first kappa shape index (κ1) is 16.1. The Morgan fingerprint density at radius 3 is 2.70 bits per heavy atom. The third-order valence-corrected chi connectivity index (χ3v) is 6.12. The largest absolute Gasteiger partial charge is 0.492 e. The van der Waals surface area contributed by atoms with Gasteiger partial charge < -0.3 is 4.74 Å². The molecule has 122 valence electrons. The molecular formula is C17H18ClNO3S. The Kier molecular flexibility index (Phi) is 4.25. The minimum atomic E-state index is -3.66. The maximum Gasteiger partial charge on any atom is 0.264 e. The minimum absolute atomic E-state index is 0.122. The molecule has 0 saturated heterocycles. The van der Waals surface area contributed by atoms with Crippen LogP contribution in [0, 0.1) is 0 Å². The lowest BCUT2D eigenvalue weighted by molar-refractivity contribution is 0.340. The molecule has 6 heteroatoms. The third-order valence-electron chi connectivity index (χ3n) is 3.90. The van der Waals surface area contributed by atoms with Gasteiger partial charge in [0.1, 0.15) is 5.75 Å². The number of benzene rings is 2. The molecule has 0 fully saturated rings. The van der Waals surface area contributed by atoms with E-state index in [1.54, 1.807) is 12.1 Å². The van der Waals surface area contributed by atoms with Crippen LogP contribution in [0.1, 0.15) is 19.4 Å². The number of halogens is 1. The molecule has 2 aromatic rings. The van der Waals surface area contributed by atoms with Crippen molar-refractivity contribution in [1.82, 2.24) is 0 Å². The number of hydrogen-bond acceptors (Lipinski definition) is 3. The first-order valence-corrected chi connectivity index (χ1v) is 9.31. The van der Waals surface area contributed by atoms with Crippen molar-refractivity contribution >= 4 is 27.3 Å². The summed E-state index contributed by atoms with van der Waals surface area (Å²) in [5.74, 6) is 0.489. The quantitative estimate of drug-likeness (QED) is 0.839. The minimum Gasteiger partial charge on any atom is -0.492 e. The van der Waals surface area contributed by atoms with Crippen LogP contribution in [0.15, 0.2) is 47.4 Å². The molecule has 1 atom stereocenters. The van der Waals surface area contributed by atoms with E-state index in [0.29, 0.717) is 23.8 Å². The summed E-state index contributed by atoms with van der Waals surface area (Å²) < 4.78 is 33.0. The number of ether oxygens (including phenoxy) is 1. The summed E-state index contributed by atoms with van der Waals surface area (Å²) in [4.78, 5) is 0.175. The van der Waals surface area contributed by atoms with Gasteiger partial charge in [0.15, 0.2) is 0 Å². The molecule has 0 bridgehead atoms. The van der Waals surface area contributed by atoms with Gasteiger partial charge in [0, 0.05) is 6.04 Å². The van der Waals surface area contributed by atoms with E-state index < -0.39 is 10.0 Å². The second kappa shape index (κ2) is 6.06. The Labute approximate surface area is 141 Å². The van der Waals surface area contributed by atoms with Crippen LogP contribution in [-0.4, -0.2) is 21.1 Å². The Morgan fingerprint density at radius 2 is 2.00 bits per heavy atom. The standard InChI is InChI=1S/C17H18ClNO3S/c1-3-22-17-9-8-14(11-15(17)18)23(20,21)19-12(2)10-13-6-4-5-7-16(13)19/h4-9,11-12H,3,10H2,1-2H3. The van der Waals surface area contributed by atoms with Gasteiger partial charge in [-0.3, -0.25) is 4.31 Å². The fraction of sp³-hybridized carbons (Fsp3) is 0.294. The van der Waals surface area contributed by atoms with Crippen LogP contribution in [-0.2, 0) is 16.4 Å². The first-order chi connectivity index (χ1) is 10.9. The van der Waals surface area contributed by atoms with Crippen molar-refractivity contribution in [3.8, 4) is 5.75 Å². The van der Waals surface area contributed by atoms with Crippen LogP contribution in [0.4, 0.5) is 5.69 Å². The number of nitrogens with zero attached hydrogens (tertiary/aromatic N) is 1. The van der Waals surface area contributed by atoms with Gasteiger partial charge in [-0.25, -0.2) is 8.42 Å². The van der Waals surface area contributed by atoms with E-state index >= 15 is 0 Å². The van der Waals surface area contributed by atoms with E-state index in [2.05, 4.69) is 0 Å². The van der Waals surface area contributed by atoms with Crippen molar-refractivity contribution in [2.24, 2.45) is 0 Å². The average molecular weight is 352 g/mol. The van der Waals surface area contributed by atoms with Gasteiger partial charge in [-0.15, -0.1) is 0 Å². The molecule has 0 saturated carbocycles. The number of fused-ring (bicyclic) bond motifs is 1. The van der Waals surface area contributed by atoms with Crippen LogP contribution < -0.4 is 9.04 Å². The van der Waals surface area contributed by atoms with Crippen LogP contribution in [0.25, 0.3) is 0 Å². The molecule has 3 rings (SSSR count). The molecule has 2 aromatic carbocycles. The van der Waals surface area contributed by atoms with Crippen molar-refractivity contribution < 1.29 is 13.2 Å². The van der Waals surface area contributed by atoms with E-state index in [4.69, 9.17) is 16.3 Å². The molecule has 1 aliphatic rings. The fourth-order valence-electron chi connectivity index (χ4n) is 2.93. The van der Waals surface area contributed by atoms with Crippen molar-refractivity contribution in [2.45, 2.75) is 31.2 Å². The summed E-state index contributed by atoms with van der Waals surface area (Å²) >= 11 is 6.15. The number of anilines is 1. The molecule has 0 aromatic heterocycles. The molecule has 1 unspecified atom stereocenters. The van der Waals surface area contributed by atoms with E-state index in [1.165, 1.54) is 10.4 Å². The number of sulfonamides is 1. The van der Waals surface area contributed by atoms with Gasteiger partial charge in [0.25, 0.3) is 10.0 Å². The van der Waals surface area contributed by atoms with Crippen molar-refractivity contribution in [3.05, 3.63) is 53.1 Å². The van der Waals surface area contributed by atoms with E-state index in [0.717, 1.165) is 11.3 Å². The predicted molar refractivity (Wildman–Crippen MR) is 91.9 cm³/mol. The van der Waals surface area contributed by atoms with Crippen molar-refractivity contribution in [2.75, 3.05) is 10.9 Å². The fourth-order valence-corrected chi connectivity index (χ4v) is 4.95. The van der Waals surface area contributed by atoms with Gasteiger partial charge in [0.2, 0.25) is 0 Å². The van der Waals surface area contributed by atoms with Gasteiger partial charge in [-0.2, -0.15) is 0 Å². The molecule has 0 spiro atoms. The molecule has 1 heterocycles. The molecule has 23 heavy (non-hydrogen) atoms. The Morgan fingerprint density at radius 1 is 1.26 bits per heavy atom. The highest BCUT2D eigenvalue weighted by atomic mass is 35.5. The smallest absolute Gasteiger partial charge is 0.264 e. The predicted octanol–water partition coefficient (Wildman–Crippen LogP) is 3.88. The molecule has 0 aliphatic carbocycles. The number of hydrogen-bond donors (Lipinski definition) is 0. The van der Waals surface area contributed by atoms with Crippen molar-refractivity contribution in [3.63, 3.8) is 0 Å². The first-order valence-electron chi connectivity index (χ1n) is 7.50. The lowest BCUT2D eigenvalue weighted by Crippen LogP contribution is -2.35. The highest BCUT2D eigenvalue weighted by molar-refractivity contribution is 7.92. The lowest BCUT2D eigenvalue weighted by Gasteiger charge is -2.24. The van der Waals surface area contributed by atoms with Crippen LogP contribution in [0.3, 0.4) is 0 Å². The zero-order valence-electron chi connectivity index (χ0n) is 13.0. The second-order valence-electron chi connectivity index (χ2n) is 5.51. The zero-order chi connectivity index (χ0) is 16.6. The normalized spacial score (nSPS) is 17.2. The number of rotatable bonds is 4. The zero-order valence-corrected chi connectivity index (χ0v) is 14.6. The Balaban J connectivity index is 2.04. The maximum atomic E-state index is 13.1. The SMILES string of the molecule is CCOc1ccc(S(=O)(=O)N2c3ccccc3CC2C)cc1Cl. The van der Waals surface area contributed by atoms with Crippen LogP contribution in [0.5, 0.6) is 5.75 Å². The molecule has 0 radical (unpaired) electrons. The van der Waals surface area contributed by atoms with E-state index in [9.17, 15) is 8.42 Å². The van der Waals surface area contributed by atoms with Crippen LogP contribution >= 0.6 is 11.6 Å². The van der Waals surface area contributed by atoms with Gasteiger partial charge in [-0.1, -0.05) is 29.8 Å². The summed E-state index contributed by atoms with van der Waals surface area (Å²) in [5.41, 5.74) is 1.78. The van der Waals surface area contributed by atoms with Crippen molar-refractivity contribution in [1.29, 1.82) is 0 Å². The summed E-state index contributed by atoms with van der Waals surface area (Å²) in [6, 6.07) is 12.1. The topological polar surface area (TPSA) is 46.6 Å². The van der Waals surface area contributed by atoms with Gasteiger partial charge in [0.05, 0.1) is 22.2 Å². The van der Waals surface area contributed by atoms with Gasteiger partial charge in [-0.05, 0) is 50.1 Å². The van der Waals surface area contributed by atoms with Gasteiger partial charge >= 0.3 is 0 Å². The monoisotopic (exact) mass is 351 g/mol. The molecule has 0 N–H and O–H groups in total. The Bertz CT molecular complexity index is 835. The maximum absolute atomic E-state index is 13.1. The van der Waals surface area contributed by atoms with Crippen LogP contribution in [0.2, 0.25) is 5.02 Å². The molecule has 1 aliphatic heterocycles. The third kappa shape index (κ3) is 2.79.